The van der Waals surface area contributed by atoms with E-state index in [2.05, 4.69) is 11.4 Å². The zero-order valence-corrected chi connectivity index (χ0v) is 22.0. The van der Waals surface area contributed by atoms with Crippen molar-refractivity contribution in [3.63, 3.8) is 0 Å². The molecule has 5 aromatic rings. The Hall–Kier alpha value is -4.06. The van der Waals surface area contributed by atoms with Crippen molar-refractivity contribution in [1.82, 2.24) is 9.88 Å². The summed E-state index contributed by atoms with van der Waals surface area (Å²) in [5.74, 6) is -1.22. The third kappa shape index (κ3) is 5.44. The zero-order valence-electron chi connectivity index (χ0n) is 20.5. The van der Waals surface area contributed by atoms with Gasteiger partial charge in [-0.2, -0.15) is 0 Å². The number of aromatic nitrogens is 1. The monoisotopic (exact) mass is 542 g/mol. The molecule has 0 saturated heterocycles. The normalized spacial score (nSPS) is 11.9. The van der Waals surface area contributed by atoms with Crippen LogP contribution in [0.3, 0.4) is 0 Å². The Labute approximate surface area is 230 Å². The molecule has 190 valence electrons. The van der Waals surface area contributed by atoms with Gasteiger partial charge in [0.2, 0.25) is 0 Å². The molecule has 0 unspecified atom stereocenters. The molecule has 0 radical (unpaired) electrons. The molecule has 0 fully saturated rings. The van der Waals surface area contributed by atoms with Gasteiger partial charge in [-0.15, -0.1) is 0 Å². The summed E-state index contributed by atoms with van der Waals surface area (Å²) < 4.78 is 2.02. The molecule has 0 spiro atoms. The standard InChI is InChI=1S/C31H24Cl2N2O3/c1-19(21-7-9-23(10-8-21)31(37)38)34-30(36)28-16-25(22-5-3-2-4-6-22)15-24-11-12-35(29(24)28)18-20-13-26(32)17-27(33)14-20/h2-17,19H,18H2,1H3,(H,34,36)(H,37,38)/t19-/m0/s1. The number of hydrogen-bond acceptors (Lipinski definition) is 2. The Morgan fingerprint density at radius 1 is 0.868 bits per heavy atom. The Balaban J connectivity index is 1.55. The highest BCUT2D eigenvalue weighted by Crippen LogP contribution is 2.30. The minimum Gasteiger partial charge on any atom is -0.478 e. The lowest BCUT2D eigenvalue weighted by Crippen LogP contribution is -2.27. The van der Waals surface area contributed by atoms with Gasteiger partial charge >= 0.3 is 5.97 Å². The van der Waals surface area contributed by atoms with Crippen molar-refractivity contribution in [2.45, 2.75) is 19.5 Å². The van der Waals surface area contributed by atoms with E-state index in [1.165, 1.54) is 12.1 Å². The van der Waals surface area contributed by atoms with Gasteiger partial charge in [0.25, 0.3) is 5.91 Å². The summed E-state index contributed by atoms with van der Waals surface area (Å²) in [5.41, 5.74) is 5.21. The topological polar surface area (TPSA) is 71.3 Å². The van der Waals surface area contributed by atoms with Gasteiger partial charge in [-0.25, -0.2) is 4.79 Å². The smallest absolute Gasteiger partial charge is 0.335 e. The van der Waals surface area contributed by atoms with Gasteiger partial charge < -0.3 is 15.0 Å². The summed E-state index contributed by atoms with van der Waals surface area (Å²) in [7, 11) is 0. The second kappa shape index (κ2) is 10.7. The van der Waals surface area contributed by atoms with Crippen LogP contribution >= 0.6 is 23.2 Å². The van der Waals surface area contributed by atoms with Crippen molar-refractivity contribution in [1.29, 1.82) is 0 Å². The van der Waals surface area contributed by atoms with E-state index in [1.807, 2.05) is 72.3 Å². The van der Waals surface area contributed by atoms with Crippen LogP contribution in [0, 0.1) is 0 Å². The quantitative estimate of drug-likeness (QED) is 0.220. The summed E-state index contributed by atoms with van der Waals surface area (Å²) in [6.07, 6.45) is 1.96. The number of amides is 1. The van der Waals surface area contributed by atoms with Crippen LogP contribution in [0.15, 0.2) is 97.2 Å². The zero-order chi connectivity index (χ0) is 26.8. The highest BCUT2D eigenvalue weighted by molar-refractivity contribution is 6.34. The molecule has 2 N–H and O–H groups in total. The van der Waals surface area contributed by atoms with Gasteiger partial charge in [-0.1, -0.05) is 65.7 Å². The van der Waals surface area contributed by atoms with E-state index in [4.69, 9.17) is 23.2 Å². The molecule has 5 nitrogen and oxygen atoms in total. The maximum atomic E-state index is 13.8. The molecule has 1 amide bonds. The first kappa shape index (κ1) is 25.6. The van der Waals surface area contributed by atoms with Crippen LogP contribution in [0.4, 0.5) is 0 Å². The number of benzene rings is 4. The molecule has 38 heavy (non-hydrogen) atoms. The Bertz CT molecular complexity index is 1620. The minimum absolute atomic E-state index is 0.198. The SMILES string of the molecule is C[C@H](NC(=O)c1cc(-c2ccccc2)cc2ccn(Cc3cc(Cl)cc(Cl)c3)c12)c1ccc(C(=O)O)cc1. The molecule has 5 rings (SSSR count). The molecular weight excluding hydrogens is 519 g/mol. The Kier molecular flexibility index (Phi) is 7.23. The fourth-order valence-corrected chi connectivity index (χ4v) is 5.19. The largest absolute Gasteiger partial charge is 0.478 e. The number of halogens is 2. The number of rotatable bonds is 7. The number of nitrogens with zero attached hydrogens (tertiary/aromatic N) is 1. The third-order valence-electron chi connectivity index (χ3n) is 6.49. The van der Waals surface area contributed by atoms with Crippen LogP contribution in [-0.4, -0.2) is 21.6 Å². The lowest BCUT2D eigenvalue weighted by atomic mass is 9.99. The molecule has 0 aliphatic carbocycles. The average Bonchev–Trinajstić information content (AvgIpc) is 3.30. The van der Waals surface area contributed by atoms with Gasteiger partial charge in [0.05, 0.1) is 22.7 Å². The van der Waals surface area contributed by atoms with E-state index in [0.717, 1.165) is 33.2 Å². The highest BCUT2D eigenvalue weighted by atomic mass is 35.5. The van der Waals surface area contributed by atoms with Crippen LogP contribution in [0.25, 0.3) is 22.0 Å². The van der Waals surface area contributed by atoms with Crippen LogP contribution in [0.2, 0.25) is 10.0 Å². The van der Waals surface area contributed by atoms with E-state index in [1.54, 1.807) is 18.2 Å². The summed E-state index contributed by atoms with van der Waals surface area (Å²) in [5, 5.41) is 14.3. The first-order chi connectivity index (χ1) is 18.3. The van der Waals surface area contributed by atoms with Crippen molar-refractivity contribution in [3.8, 4) is 11.1 Å². The van der Waals surface area contributed by atoms with E-state index >= 15 is 0 Å². The minimum atomic E-state index is -0.991. The van der Waals surface area contributed by atoms with Crippen LogP contribution in [0.5, 0.6) is 0 Å². The van der Waals surface area contributed by atoms with Gasteiger partial charge in [-0.05, 0) is 77.7 Å². The van der Waals surface area contributed by atoms with Crippen LogP contribution in [0.1, 0.15) is 44.8 Å². The molecule has 1 atom stereocenters. The second-order valence-electron chi connectivity index (χ2n) is 9.17. The van der Waals surface area contributed by atoms with E-state index < -0.39 is 5.97 Å². The number of hydrogen-bond donors (Lipinski definition) is 2. The molecule has 7 heteroatoms. The molecular formula is C31H24Cl2N2O3. The predicted octanol–water partition coefficient (Wildman–Crippen LogP) is 7.85. The van der Waals surface area contributed by atoms with E-state index in [0.29, 0.717) is 22.2 Å². The fraction of sp³-hybridized carbons (Fsp3) is 0.0968. The summed E-state index contributed by atoms with van der Waals surface area (Å²) in [6, 6.07) is 27.5. The van der Waals surface area contributed by atoms with E-state index in [9.17, 15) is 14.7 Å². The van der Waals surface area contributed by atoms with Crippen LogP contribution in [-0.2, 0) is 6.54 Å². The molecule has 0 aliphatic rings. The summed E-state index contributed by atoms with van der Waals surface area (Å²) in [6.45, 7) is 2.36. The van der Waals surface area contributed by atoms with Crippen LogP contribution < -0.4 is 5.32 Å². The van der Waals surface area contributed by atoms with Gasteiger partial charge in [-0.3, -0.25) is 4.79 Å². The number of fused-ring (bicyclic) bond motifs is 1. The number of carboxylic acids is 1. The maximum Gasteiger partial charge on any atom is 0.335 e. The van der Waals surface area contributed by atoms with Crippen molar-refractivity contribution >= 4 is 46.0 Å². The van der Waals surface area contributed by atoms with Gasteiger partial charge in [0.15, 0.2) is 0 Å². The maximum absolute atomic E-state index is 13.8. The number of carbonyl (C=O) groups excluding carboxylic acids is 1. The van der Waals surface area contributed by atoms with Crippen molar-refractivity contribution in [2.24, 2.45) is 0 Å². The van der Waals surface area contributed by atoms with Crippen molar-refractivity contribution < 1.29 is 14.7 Å². The first-order valence-electron chi connectivity index (χ1n) is 12.1. The predicted molar refractivity (Wildman–Crippen MR) is 152 cm³/mol. The summed E-state index contributed by atoms with van der Waals surface area (Å²) in [4.78, 5) is 25.0. The van der Waals surface area contributed by atoms with Crippen molar-refractivity contribution in [3.05, 3.63) is 129 Å². The lowest BCUT2D eigenvalue weighted by Gasteiger charge is -2.17. The average molecular weight is 543 g/mol. The number of nitrogens with one attached hydrogen (secondary N) is 1. The third-order valence-corrected chi connectivity index (χ3v) is 6.93. The number of carbonyl (C=O) groups is 2. The van der Waals surface area contributed by atoms with Crippen molar-refractivity contribution in [2.75, 3.05) is 0 Å². The first-order valence-corrected chi connectivity index (χ1v) is 12.8. The molecule has 0 saturated carbocycles. The molecule has 4 aromatic carbocycles. The molecule has 0 aliphatic heterocycles. The highest BCUT2D eigenvalue weighted by Gasteiger charge is 2.19. The molecule has 1 aromatic heterocycles. The molecule has 0 bridgehead atoms. The number of carboxylic acid groups (broad SMARTS) is 1. The van der Waals surface area contributed by atoms with Gasteiger partial charge in [0, 0.05) is 28.2 Å². The molecule has 1 heterocycles. The lowest BCUT2D eigenvalue weighted by molar-refractivity contribution is 0.0696. The van der Waals surface area contributed by atoms with Gasteiger partial charge in [0.1, 0.15) is 0 Å². The second-order valence-corrected chi connectivity index (χ2v) is 10.0. The Morgan fingerprint density at radius 2 is 1.55 bits per heavy atom. The van der Waals surface area contributed by atoms with E-state index in [-0.39, 0.29) is 17.5 Å². The Morgan fingerprint density at radius 3 is 2.21 bits per heavy atom. The number of aromatic carboxylic acids is 1. The summed E-state index contributed by atoms with van der Waals surface area (Å²) >= 11 is 12.5. The fourth-order valence-electron chi connectivity index (χ4n) is 4.62.